The molecule has 4 heteroatoms. The molecule has 0 aliphatic carbocycles. The molecule has 0 radical (unpaired) electrons. The van der Waals surface area contributed by atoms with E-state index in [1.807, 2.05) is 61.5 Å². The van der Waals surface area contributed by atoms with Crippen LogP contribution in [-0.2, 0) is 21.4 Å². The Bertz CT molecular complexity index is 838. The minimum absolute atomic E-state index is 0.0669. The lowest BCUT2D eigenvalue weighted by atomic mass is 9.75. The first-order valence-corrected chi connectivity index (χ1v) is 10.7. The van der Waals surface area contributed by atoms with Crippen LogP contribution >= 0.6 is 0 Å². The third-order valence-electron chi connectivity index (χ3n) is 7.07. The van der Waals surface area contributed by atoms with Crippen molar-refractivity contribution in [3.05, 3.63) is 71.3 Å². The van der Waals surface area contributed by atoms with E-state index in [0.717, 1.165) is 29.5 Å². The van der Waals surface area contributed by atoms with Gasteiger partial charge < -0.3 is 14.7 Å². The van der Waals surface area contributed by atoms with Gasteiger partial charge in [0.1, 0.15) is 11.5 Å². The molecule has 2 saturated heterocycles. The van der Waals surface area contributed by atoms with Crippen LogP contribution in [0.3, 0.4) is 0 Å². The van der Waals surface area contributed by atoms with E-state index in [4.69, 9.17) is 4.74 Å². The summed E-state index contributed by atoms with van der Waals surface area (Å²) in [6, 6.07) is 18.7. The molecule has 0 amide bonds. The highest BCUT2D eigenvalue weighted by Gasteiger charge is 2.45. The lowest BCUT2D eigenvalue weighted by Gasteiger charge is -2.38. The van der Waals surface area contributed by atoms with Crippen LogP contribution in [0.25, 0.3) is 0 Å². The first-order chi connectivity index (χ1) is 14.0. The van der Waals surface area contributed by atoms with Crippen molar-refractivity contribution < 1.29 is 14.6 Å². The number of aryl methyl sites for hydroxylation is 1. The number of benzene rings is 2. The van der Waals surface area contributed by atoms with Crippen LogP contribution in [0.4, 0.5) is 0 Å². The van der Waals surface area contributed by atoms with Crippen molar-refractivity contribution in [3.63, 3.8) is 0 Å². The van der Waals surface area contributed by atoms with Crippen molar-refractivity contribution in [3.8, 4) is 0 Å². The molecule has 3 atom stereocenters. The molecule has 3 unspecified atom stereocenters. The van der Waals surface area contributed by atoms with E-state index < -0.39 is 5.41 Å². The Morgan fingerprint density at radius 2 is 1.69 bits per heavy atom. The number of carbonyl (C=O) groups excluding carboxylic acids is 1. The van der Waals surface area contributed by atoms with Crippen molar-refractivity contribution in [2.24, 2.45) is 0 Å². The van der Waals surface area contributed by atoms with Crippen LogP contribution in [0.5, 0.6) is 0 Å². The van der Waals surface area contributed by atoms with Gasteiger partial charge in [-0.25, -0.2) is 0 Å². The molecule has 0 aromatic heterocycles. The van der Waals surface area contributed by atoms with E-state index in [0.29, 0.717) is 18.5 Å². The zero-order chi connectivity index (χ0) is 20.4. The van der Waals surface area contributed by atoms with Gasteiger partial charge >= 0.3 is 5.97 Å². The van der Waals surface area contributed by atoms with Crippen molar-refractivity contribution in [2.45, 2.75) is 62.6 Å². The second kappa shape index (κ2) is 8.29. The molecule has 0 spiro atoms. The first kappa shape index (κ1) is 20.1. The number of aliphatic hydroxyl groups is 1. The predicted molar refractivity (Wildman–Crippen MR) is 114 cm³/mol. The number of ether oxygens (including phenoxy) is 1. The highest BCUT2D eigenvalue weighted by atomic mass is 16.5. The highest BCUT2D eigenvalue weighted by Crippen LogP contribution is 2.38. The monoisotopic (exact) mass is 393 g/mol. The van der Waals surface area contributed by atoms with Crippen molar-refractivity contribution in [2.75, 3.05) is 13.7 Å². The SMILES string of the molecule is Cc1ccccc1CC(CO)(C(=O)OC1CC2CCC(C1)N2C)c1ccccc1. The average molecular weight is 394 g/mol. The van der Waals surface area contributed by atoms with Crippen molar-refractivity contribution in [1.82, 2.24) is 4.90 Å². The summed E-state index contributed by atoms with van der Waals surface area (Å²) in [5.41, 5.74) is 1.90. The van der Waals surface area contributed by atoms with E-state index in [1.54, 1.807) is 0 Å². The second-order valence-corrected chi connectivity index (χ2v) is 8.76. The minimum atomic E-state index is -1.09. The van der Waals surface area contributed by atoms with Gasteiger partial charge in [-0.1, -0.05) is 54.6 Å². The fourth-order valence-corrected chi connectivity index (χ4v) is 5.12. The minimum Gasteiger partial charge on any atom is -0.462 e. The number of nitrogens with zero attached hydrogens (tertiary/aromatic N) is 1. The Morgan fingerprint density at radius 1 is 1.07 bits per heavy atom. The second-order valence-electron chi connectivity index (χ2n) is 8.76. The number of aliphatic hydroxyl groups excluding tert-OH is 1. The number of hydrogen-bond acceptors (Lipinski definition) is 4. The molecule has 0 saturated carbocycles. The summed E-state index contributed by atoms with van der Waals surface area (Å²) in [6.07, 6.45) is 4.50. The van der Waals surface area contributed by atoms with E-state index in [2.05, 4.69) is 11.9 Å². The van der Waals surface area contributed by atoms with Gasteiger partial charge in [-0.15, -0.1) is 0 Å². The Kier molecular flexibility index (Phi) is 5.75. The number of fused-ring (bicyclic) bond motifs is 2. The molecule has 2 aromatic carbocycles. The summed E-state index contributed by atoms with van der Waals surface area (Å²) in [5, 5.41) is 10.5. The quantitative estimate of drug-likeness (QED) is 0.762. The van der Waals surface area contributed by atoms with Gasteiger partial charge in [-0.2, -0.15) is 0 Å². The Labute approximate surface area is 173 Å². The lowest BCUT2D eigenvalue weighted by molar-refractivity contribution is -0.161. The number of piperidine rings is 1. The summed E-state index contributed by atoms with van der Waals surface area (Å²) < 4.78 is 6.12. The molecule has 2 fully saturated rings. The summed E-state index contributed by atoms with van der Waals surface area (Å²) >= 11 is 0. The van der Waals surface area contributed by atoms with Crippen LogP contribution in [0.2, 0.25) is 0 Å². The van der Waals surface area contributed by atoms with Gasteiger partial charge in [0.2, 0.25) is 0 Å². The Morgan fingerprint density at radius 3 is 2.31 bits per heavy atom. The third kappa shape index (κ3) is 3.84. The van der Waals surface area contributed by atoms with Crippen molar-refractivity contribution in [1.29, 1.82) is 0 Å². The summed E-state index contributed by atoms with van der Waals surface area (Å²) in [7, 11) is 2.18. The standard InChI is InChI=1S/C25H31NO3/c1-18-8-6-7-9-19(18)16-25(17-27,20-10-4-3-5-11-20)24(28)29-23-14-21-12-13-22(15-23)26(21)2/h3-11,21-23,27H,12-17H2,1-2H3. The molecule has 2 heterocycles. The van der Waals surface area contributed by atoms with Crippen LogP contribution in [0, 0.1) is 6.92 Å². The topological polar surface area (TPSA) is 49.8 Å². The lowest BCUT2D eigenvalue weighted by Crippen LogP contribution is -2.48. The maximum absolute atomic E-state index is 13.6. The van der Waals surface area contributed by atoms with Gasteiger partial charge in [-0.3, -0.25) is 4.79 Å². The van der Waals surface area contributed by atoms with Crippen LogP contribution in [0.1, 0.15) is 42.4 Å². The van der Waals surface area contributed by atoms with Gasteiger partial charge in [0.15, 0.2) is 0 Å². The molecule has 1 N–H and O–H groups in total. The summed E-state index contributed by atoms with van der Waals surface area (Å²) in [4.78, 5) is 16.0. The highest BCUT2D eigenvalue weighted by molar-refractivity contribution is 5.84. The summed E-state index contributed by atoms with van der Waals surface area (Å²) in [5.74, 6) is -0.302. The Balaban J connectivity index is 1.63. The molecular formula is C25H31NO3. The Hall–Kier alpha value is -2.17. The molecule has 2 bridgehead atoms. The van der Waals surface area contributed by atoms with Crippen LogP contribution in [0.15, 0.2) is 54.6 Å². The van der Waals surface area contributed by atoms with E-state index in [9.17, 15) is 9.90 Å². The number of esters is 1. The molecule has 154 valence electrons. The molecule has 2 aromatic rings. The molecule has 2 aliphatic heterocycles. The zero-order valence-electron chi connectivity index (χ0n) is 17.4. The van der Waals surface area contributed by atoms with E-state index in [-0.39, 0.29) is 18.7 Å². The molecule has 29 heavy (non-hydrogen) atoms. The zero-order valence-corrected chi connectivity index (χ0v) is 17.4. The fraction of sp³-hybridized carbons (Fsp3) is 0.480. The fourth-order valence-electron chi connectivity index (χ4n) is 5.12. The van der Waals surface area contributed by atoms with Crippen molar-refractivity contribution >= 4 is 5.97 Å². The first-order valence-electron chi connectivity index (χ1n) is 10.7. The number of carbonyl (C=O) groups is 1. The number of rotatable bonds is 6. The van der Waals surface area contributed by atoms with Gasteiger partial charge in [0, 0.05) is 12.1 Å². The van der Waals surface area contributed by atoms with Crippen LogP contribution < -0.4 is 0 Å². The molecule has 2 aliphatic rings. The summed E-state index contributed by atoms with van der Waals surface area (Å²) in [6.45, 7) is 1.77. The maximum atomic E-state index is 13.6. The van der Waals surface area contributed by atoms with Crippen LogP contribution in [-0.4, -0.2) is 47.8 Å². The van der Waals surface area contributed by atoms with Gasteiger partial charge in [0.25, 0.3) is 0 Å². The van der Waals surface area contributed by atoms with E-state index in [1.165, 1.54) is 12.8 Å². The molecular weight excluding hydrogens is 362 g/mol. The average Bonchev–Trinajstić information content (AvgIpc) is 2.94. The maximum Gasteiger partial charge on any atom is 0.319 e. The predicted octanol–water partition coefficient (Wildman–Crippen LogP) is 3.64. The molecule has 4 rings (SSSR count). The molecule has 4 nitrogen and oxygen atoms in total. The normalized spacial score (nSPS) is 26.1. The largest absolute Gasteiger partial charge is 0.462 e. The smallest absolute Gasteiger partial charge is 0.319 e. The number of hydrogen-bond donors (Lipinski definition) is 1. The third-order valence-corrected chi connectivity index (χ3v) is 7.07. The van der Waals surface area contributed by atoms with E-state index >= 15 is 0 Å². The van der Waals surface area contributed by atoms with Gasteiger partial charge in [0.05, 0.1) is 6.61 Å². The van der Waals surface area contributed by atoms with Gasteiger partial charge in [-0.05, 0) is 62.8 Å².